The first-order valence-electron chi connectivity index (χ1n) is 9.39. The predicted octanol–water partition coefficient (Wildman–Crippen LogP) is 4.65. The molecular weight excluding hydrogens is 421 g/mol. The Labute approximate surface area is 188 Å². The largest absolute Gasteiger partial charge is 0.370 e. The normalized spacial score (nSPS) is 12.1. The van der Waals surface area contributed by atoms with E-state index in [1.54, 1.807) is 23.4 Å². The van der Waals surface area contributed by atoms with Crippen LogP contribution in [-0.4, -0.2) is 36.3 Å². The lowest BCUT2D eigenvalue weighted by atomic mass is 10.0. The van der Waals surface area contributed by atoms with Gasteiger partial charge in [-0.3, -0.25) is 14.6 Å². The summed E-state index contributed by atoms with van der Waals surface area (Å²) in [6.45, 7) is 4.03. The Bertz CT molecular complexity index is 1010. The van der Waals surface area contributed by atoms with E-state index in [9.17, 15) is 9.59 Å². The van der Waals surface area contributed by atoms with E-state index in [4.69, 9.17) is 0 Å². The molecule has 30 heavy (non-hydrogen) atoms. The van der Waals surface area contributed by atoms with E-state index >= 15 is 0 Å². The summed E-state index contributed by atoms with van der Waals surface area (Å²) in [7, 11) is 0. The lowest BCUT2D eigenvalue weighted by Crippen LogP contribution is -2.38. The number of hydrogen-bond acceptors (Lipinski definition) is 4. The summed E-state index contributed by atoms with van der Waals surface area (Å²) in [5.41, 5.74) is 4.07. The Morgan fingerprint density at radius 2 is 1.70 bits per heavy atom. The summed E-state index contributed by atoms with van der Waals surface area (Å²) in [4.78, 5) is 33.1. The number of carbonyl (C=O) groups excluding carboxylic acids is 2. The third kappa shape index (κ3) is 4.48. The van der Waals surface area contributed by atoms with Gasteiger partial charge in [-0.05, 0) is 42.8 Å². The molecule has 0 fully saturated rings. The molecule has 2 aromatic carbocycles. The molecule has 1 aliphatic heterocycles. The zero-order valence-electron chi connectivity index (χ0n) is 16.5. The van der Waals surface area contributed by atoms with Crippen molar-refractivity contribution in [3.05, 3.63) is 78.6 Å². The molecule has 0 radical (unpaired) electrons. The van der Waals surface area contributed by atoms with Crippen molar-refractivity contribution >= 4 is 47.9 Å². The molecular formula is C23H23Cl2N3O2. The maximum atomic E-state index is 12.6. The Kier molecular flexibility index (Phi) is 7.98. The number of Topliss-reactive ketones (excluding diaryl/α,β-unsaturated/α-hetero) is 1. The summed E-state index contributed by atoms with van der Waals surface area (Å²) < 4.78 is 0. The van der Waals surface area contributed by atoms with Gasteiger partial charge in [0.2, 0.25) is 0 Å². The van der Waals surface area contributed by atoms with Crippen molar-refractivity contribution in [1.82, 2.24) is 4.98 Å². The van der Waals surface area contributed by atoms with Gasteiger partial charge in [0.15, 0.2) is 0 Å². The van der Waals surface area contributed by atoms with Crippen molar-refractivity contribution in [3.8, 4) is 11.1 Å². The minimum atomic E-state index is -0.456. The smallest absolute Gasteiger partial charge is 0.299 e. The number of amides is 1. The monoisotopic (exact) mass is 443 g/mol. The molecule has 0 N–H and O–H groups in total. The lowest BCUT2D eigenvalue weighted by Gasteiger charge is -2.26. The van der Waals surface area contributed by atoms with Gasteiger partial charge in [-0.15, -0.1) is 24.8 Å². The molecule has 3 aromatic rings. The second-order valence-electron chi connectivity index (χ2n) is 6.67. The predicted molar refractivity (Wildman–Crippen MR) is 125 cm³/mol. The molecule has 5 nitrogen and oxygen atoms in total. The van der Waals surface area contributed by atoms with Gasteiger partial charge in [0.05, 0.1) is 11.3 Å². The minimum absolute atomic E-state index is 0. The number of likely N-dealkylation sites (N-methyl/N-ethyl adjacent to an activating group) is 1. The van der Waals surface area contributed by atoms with E-state index in [0.29, 0.717) is 24.3 Å². The summed E-state index contributed by atoms with van der Waals surface area (Å²) in [5.74, 6) is -0.897. The first-order chi connectivity index (χ1) is 13.7. The number of anilines is 2. The first-order valence-corrected chi connectivity index (χ1v) is 9.39. The minimum Gasteiger partial charge on any atom is -0.370 e. The van der Waals surface area contributed by atoms with Crippen LogP contribution in [0.25, 0.3) is 11.1 Å². The number of hydrogen-bond donors (Lipinski definition) is 0. The van der Waals surface area contributed by atoms with Crippen LogP contribution in [0, 0.1) is 0 Å². The highest BCUT2D eigenvalue weighted by Gasteiger charge is 2.35. The zero-order valence-corrected chi connectivity index (χ0v) is 18.2. The average Bonchev–Trinajstić information content (AvgIpc) is 3.00. The third-order valence-electron chi connectivity index (χ3n) is 5.06. The molecule has 4 rings (SSSR count). The first kappa shape index (κ1) is 23.4. The number of halogens is 2. The number of nitrogens with zero attached hydrogens (tertiary/aromatic N) is 3. The van der Waals surface area contributed by atoms with Gasteiger partial charge < -0.3 is 9.80 Å². The van der Waals surface area contributed by atoms with Crippen LogP contribution in [0.2, 0.25) is 0 Å². The second kappa shape index (κ2) is 10.2. The highest BCUT2D eigenvalue weighted by molar-refractivity contribution is 6.52. The van der Waals surface area contributed by atoms with Crippen molar-refractivity contribution in [2.24, 2.45) is 0 Å². The van der Waals surface area contributed by atoms with Gasteiger partial charge in [0.1, 0.15) is 0 Å². The Morgan fingerprint density at radius 1 is 0.933 bits per heavy atom. The second-order valence-corrected chi connectivity index (χ2v) is 6.67. The van der Waals surface area contributed by atoms with Crippen LogP contribution in [0.4, 0.5) is 11.4 Å². The molecule has 0 atom stereocenters. The van der Waals surface area contributed by atoms with Crippen LogP contribution in [0.3, 0.4) is 0 Å². The molecule has 0 bridgehead atoms. The van der Waals surface area contributed by atoms with Crippen molar-refractivity contribution in [2.45, 2.75) is 6.92 Å². The molecule has 0 unspecified atom stereocenters. The number of para-hydroxylation sites is 1. The Morgan fingerprint density at radius 3 is 2.37 bits per heavy atom. The van der Waals surface area contributed by atoms with Crippen LogP contribution in [0.1, 0.15) is 17.3 Å². The molecule has 2 heterocycles. The third-order valence-corrected chi connectivity index (χ3v) is 5.06. The molecule has 1 aromatic heterocycles. The van der Waals surface area contributed by atoms with E-state index in [-0.39, 0.29) is 24.8 Å². The zero-order chi connectivity index (χ0) is 19.5. The fourth-order valence-corrected chi connectivity index (χ4v) is 3.56. The number of ketones is 1. The maximum Gasteiger partial charge on any atom is 0.299 e. The van der Waals surface area contributed by atoms with Gasteiger partial charge in [0, 0.05) is 43.3 Å². The summed E-state index contributed by atoms with van der Waals surface area (Å²) in [6.07, 6.45) is 3.46. The van der Waals surface area contributed by atoms with E-state index in [0.717, 1.165) is 23.4 Å². The van der Waals surface area contributed by atoms with Gasteiger partial charge in [0.25, 0.3) is 11.7 Å². The quantitative estimate of drug-likeness (QED) is 0.520. The molecule has 7 heteroatoms. The van der Waals surface area contributed by atoms with E-state index in [1.807, 2.05) is 42.5 Å². The fourth-order valence-electron chi connectivity index (χ4n) is 3.56. The van der Waals surface area contributed by atoms with Crippen molar-refractivity contribution in [2.75, 3.05) is 29.4 Å². The highest BCUT2D eigenvalue weighted by Crippen LogP contribution is 2.32. The fraction of sp³-hybridized carbons (Fsp3) is 0.174. The Hall–Kier alpha value is -2.89. The number of benzene rings is 2. The van der Waals surface area contributed by atoms with Gasteiger partial charge in [-0.1, -0.05) is 30.3 Å². The molecule has 1 aliphatic rings. The van der Waals surface area contributed by atoms with E-state index in [1.165, 1.54) is 0 Å². The SMILES string of the molecule is CCN(CCN1C(=O)C(=O)c2cc(-c3cccnc3)ccc21)c1ccccc1.Cl.Cl. The van der Waals surface area contributed by atoms with Crippen LogP contribution in [-0.2, 0) is 4.79 Å². The molecule has 156 valence electrons. The highest BCUT2D eigenvalue weighted by atomic mass is 35.5. The van der Waals surface area contributed by atoms with Crippen molar-refractivity contribution in [1.29, 1.82) is 0 Å². The molecule has 0 spiro atoms. The van der Waals surface area contributed by atoms with Crippen molar-refractivity contribution in [3.63, 3.8) is 0 Å². The van der Waals surface area contributed by atoms with Crippen LogP contribution < -0.4 is 9.80 Å². The van der Waals surface area contributed by atoms with E-state index in [2.05, 4.69) is 28.9 Å². The topological polar surface area (TPSA) is 53.5 Å². The molecule has 0 saturated carbocycles. The summed E-state index contributed by atoms with van der Waals surface area (Å²) in [5, 5.41) is 0. The van der Waals surface area contributed by atoms with Crippen LogP contribution in [0.5, 0.6) is 0 Å². The van der Waals surface area contributed by atoms with Crippen LogP contribution >= 0.6 is 24.8 Å². The molecule has 0 saturated heterocycles. The summed E-state index contributed by atoms with van der Waals surface area (Å²) >= 11 is 0. The van der Waals surface area contributed by atoms with Crippen molar-refractivity contribution < 1.29 is 9.59 Å². The number of rotatable bonds is 6. The lowest BCUT2D eigenvalue weighted by molar-refractivity contribution is -0.114. The van der Waals surface area contributed by atoms with Gasteiger partial charge >= 0.3 is 0 Å². The van der Waals surface area contributed by atoms with Crippen LogP contribution in [0.15, 0.2) is 73.1 Å². The molecule has 1 amide bonds. The Balaban J connectivity index is 0.00000160. The average molecular weight is 444 g/mol. The number of aromatic nitrogens is 1. The standard InChI is InChI=1S/C23H21N3O2.2ClH/c1-2-25(19-8-4-3-5-9-19)13-14-26-21-11-10-17(18-7-6-12-24-16-18)15-20(21)22(27)23(26)28;;/h3-12,15-16H,2,13-14H2,1H3;2*1H. The summed E-state index contributed by atoms with van der Waals surface area (Å²) in [6, 6.07) is 19.5. The number of fused-ring (bicyclic) bond motifs is 1. The van der Waals surface area contributed by atoms with Gasteiger partial charge in [-0.25, -0.2) is 0 Å². The molecule has 0 aliphatic carbocycles. The van der Waals surface area contributed by atoms with Gasteiger partial charge in [-0.2, -0.15) is 0 Å². The van der Waals surface area contributed by atoms with E-state index < -0.39 is 11.7 Å². The maximum absolute atomic E-state index is 12.6. The number of carbonyl (C=O) groups is 2. The number of pyridine rings is 1.